The molecule has 0 aliphatic heterocycles. The Balaban J connectivity index is 2.45. The molecule has 2 unspecified atom stereocenters. The predicted octanol–water partition coefficient (Wildman–Crippen LogP) is 0.122. The molecular weight excluding hydrogens is 104 g/mol. The van der Waals surface area contributed by atoms with Crippen LogP contribution >= 0.6 is 0 Å². The molecule has 0 saturated heterocycles. The van der Waals surface area contributed by atoms with E-state index in [1.54, 1.807) is 12.2 Å². The molecule has 0 bridgehead atoms. The summed E-state index contributed by atoms with van der Waals surface area (Å²) in [7, 11) is 0. The van der Waals surface area contributed by atoms with Crippen molar-refractivity contribution in [3.63, 3.8) is 0 Å². The second-order valence-electron chi connectivity index (χ2n) is 1.99. The molecule has 1 aliphatic carbocycles. The van der Waals surface area contributed by atoms with Crippen LogP contribution in [0, 0.1) is 5.92 Å². The van der Waals surface area contributed by atoms with Crippen LogP contribution < -0.4 is 0 Å². The van der Waals surface area contributed by atoms with Crippen LogP contribution in [0.4, 0.5) is 0 Å². The number of rotatable bonds is 1. The van der Waals surface area contributed by atoms with Crippen LogP contribution in [0.3, 0.4) is 0 Å². The maximum atomic E-state index is 9.99. The van der Waals surface area contributed by atoms with E-state index >= 15 is 0 Å². The number of hydrogen-bond acceptors (Lipinski definition) is 2. The molecule has 0 fully saturated rings. The molecule has 2 nitrogen and oxygen atoms in total. The van der Waals surface area contributed by atoms with Crippen molar-refractivity contribution in [2.45, 2.75) is 12.5 Å². The zero-order valence-electron chi connectivity index (χ0n) is 4.45. The first-order valence-corrected chi connectivity index (χ1v) is 2.64. The molecule has 0 radical (unpaired) electrons. The smallest absolute Gasteiger partial charge is 0.126 e. The van der Waals surface area contributed by atoms with Crippen molar-refractivity contribution >= 4 is 6.29 Å². The average molecular weight is 112 g/mol. The molecule has 0 saturated carbocycles. The topological polar surface area (TPSA) is 37.3 Å². The third-order valence-electron chi connectivity index (χ3n) is 1.27. The summed E-state index contributed by atoms with van der Waals surface area (Å²) in [5.41, 5.74) is 0. The fourth-order valence-electron chi connectivity index (χ4n) is 0.808. The number of hydrogen-bond donors (Lipinski definition) is 1. The van der Waals surface area contributed by atoms with Gasteiger partial charge in [0, 0.05) is 5.92 Å². The van der Waals surface area contributed by atoms with Crippen LogP contribution in [0.5, 0.6) is 0 Å². The molecule has 0 aromatic rings. The number of carbonyl (C=O) groups is 1. The zero-order chi connectivity index (χ0) is 5.98. The van der Waals surface area contributed by atoms with Gasteiger partial charge in [0.2, 0.25) is 0 Å². The first-order valence-electron chi connectivity index (χ1n) is 2.64. The van der Waals surface area contributed by atoms with Crippen molar-refractivity contribution in [3.8, 4) is 0 Å². The van der Waals surface area contributed by atoms with E-state index < -0.39 is 0 Å². The van der Waals surface area contributed by atoms with Gasteiger partial charge in [-0.05, 0) is 6.42 Å². The molecule has 1 N–H and O–H groups in total. The largest absolute Gasteiger partial charge is 0.389 e. The van der Waals surface area contributed by atoms with E-state index in [4.69, 9.17) is 5.11 Å². The van der Waals surface area contributed by atoms with Gasteiger partial charge in [0.15, 0.2) is 0 Å². The van der Waals surface area contributed by atoms with Crippen molar-refractivity contribution in [1.82, 2.24) is 0 Å². The van der Waals surface area contributed by atoms with Gasteiger partial charge in [-0.1, -0.05) is 12.2 Å². The van der Waals surface area contributed by atoms with Gasteiger partial charge in [0.05, 0.1) is 6.10 Å². The molecule has 0 amide bonds. The molecule has 1 rings (SSSR count). The third-order valence-corrected chi connectivity index (χ3v) is 1.27. The van der Waals surface area contributed by atoms with Crippen LogP contribution in [0.25, 0.3) is 0 Å². The molecule has 0 heterocycles. The molecule has 0 aromatic carbocycles. The summed E-state index contributed by atoms with van der Waals surface area (Å²) in [6.07, 6.45) is 4.43. The number of aliphatic hydroxyl groups excluding tert-OH is 1. The first-order chi connectivity index (χ1) is 3.83. The summed E-state index contributed by atoms with van der Waals surface area (Å²) in [6, 6.07) is 0. The minimum absolute atomic E-state index is 0.0370. The highest BCUT2D eigenvalue weighted by molar-refractivity contribution is 5.57. The lowest BCUT2D eigenvalue weighted by Gasteiger charge is -1.96. The van der Waals surface area contributed by atoms with Crippen LogP contribution in [0.2, 0.25) is 0 Å². The number of aldehydes is 1. The predicted molar refractivity (Wildman–Crippen MR) is 29.3 cm³/mol. The lowest BCUT2D eigenvalue weighted by Crippen LogP contribution is -2.01. The molecular formula is C6H8O2. The Labute approximate surface area is 47.8 Å². The van der Waals surface area contributed by atoms with E-state index in [-0.39, 0.29) is 12.0 Å². The second kappa shape index (κ2) is 2.09. The van der Waals surface area contributed by atoms with Gasteiger partial charge in [-0.3, -0.25) is 0 Å². The number of carbonyl (C=O) groups excluding carboxylic acids is 1. The maximum absolute atomic E-state index is 9.99. The van der Waals surface area contributed by atoms with Crippen LogP contribution in [0.1, 0.15) is 6.42 Å². The van der Waals surface area contributed by atoms with Gasteiger partial charge < -0.3 is 9.90 Å². The minimum Gasteiger partial charge on any atom is -0.389 e. The normalized spacial score (nSPS) is 35.6. The molecule has 1 aliphatic rings. The Kier molecular flexibility index (Phi) is 1.44. The summed E-state index contributed by atoms with van der Waals surface area (Å²) in [4.78, 5) is 9.99. The Hall–Kier alpha value is -0.630. The molecule has 8 heavy (non-hydrogen) atoms. The van der Waals surface area contributed by atoms with Crippen molar-refractivity contribution in [1.29, 1.82) is 0 Å². The molecule has 0 aromatic heterocycles. The van der Waals surface area contributed by atoms with Crippen LogP contribution in [-0.2, 0) is 4.79 Å². The highest BCUT2D eigenvalue weighted by Crippen LogP contribution is 2.14. The van der Waals surface area contributed by atoms with Gasteiger partial charge in [-0.2, -0.15) is 0 Å². The fraction of sp³-hybridized carbons (Fsp3) is 0.500. The van der Waals surface area contributed by atoms with Crippen LogP contribution in [0.15, 0.2) is 12.2 Å². The Morgan fingerprint density at radius 2 is 2.38 bits per heavy atom. The Morgan fingerprint density at radius 1 is 1.62 bits per heavy atom. The van der Waals surface area contributed by atoms with Crippen LogP contribution in [-0.4, -0.2) is 17.5 Å². The van der Waals surface area contributed by atoms with Crippen molar-refractivity contribution in [3.05, 3.63) is 12.2 Å². The average Bonchev–Trinajstić information content (AvgIpc) is 2.14. The molecule has 2 heteroatoms. The fourth-order valence-corrected chi connectivity index (χ4v) is 0.808. The molecule has 0 spiro atoms. The monoisotopic (exact) mass is 112 g/mol. The van der Waals surface area contributed by atoms with Gasteiger partial charge in [0.1, 0.15) is 6.29 Å². The lowest BCUT2D eigenvalue weighted by molar-refractivity contribution is -0.110. The van der Waals surface area contributed by atoms with E-state index in [0.29, 0.717) is 6.42 Å². The van der Waals surface area contributed by atoms with Crippen molar-refractivity contribution in [2.75, 3.05) is 0 Å². The van der Waals surface area contributed by atoms with Gasteiger partial charge in [-0.25, -0.2) is 0 Å². The van der Waals surface area contributed by atoms with E-state index in [0.717, 1.165) is 6.29 Å². The SMILES string of the molecule is O=CC1C=CC(O)C1. The highest BCUT2D eigenvalue weighted by atomic mass is 16.3. The number of allylic oxidation sites excluding steroid dienone is 1. The van der Waals surface area contributed by atoms with E-state index in [9.17, 15) is 4.79 Å². The van der Waals surface area contributed by atoms with Gasteiger partial charge in [0.25, 0.3) is 0 Å². The third kappa shape index (κ3) is 0.954. The Bertz CT molecular complexity index is 118. The maximum Gasteiger partial charge on any atom is 0.126 e. The summed E-state index contributed by atoms with van der Waals surface area (Å²) in [5, 5.41) is 8.78. The molecule has 44 valence electrons. The summed E-state index contributed by atoms with van der Waals surface area (Å²) >= 11 is 0. The Morgan fingerprint density at radius 3 is 2.62 bits per heavy atom. The zero-order valence-corrected chi connectivity index (χ0v) is 4.45. The van der Waals surface area contributed by atoms with Crippen molar-refractivity contribution < 1.29 is 9.90 Å². The van der Waals surface area contributed by atoms with E-state index in [2.05, 4.69) is 0 Å². The van der Waals surface area contributed by atoms with Gasteiger partial charge >= 0.3 is 0 Å². The molecule has 2 atom stereocenters. The lowest BCUT2D eigenvalue weighted by atomic mass is 10.1. The second-order valence-corrected chi connectivity index (χ2v) is 1.99. The van der Waals surface area contributed by atoms with Crippen molar-refractivity contribution in [2.24, 2.45) is 5.92 Å². The summed E-state index contributed by atoms with van der Waals surface area (Å²) < 4.78 is 0. The van der Waals surface area contributed by atoms with E-state index in [1.165, 1.54) is 0 Å². The quantitative estimate of drug-likeness (QED) is 0.386. The summed E-state index contributed by atoms with van der Waals surface area (Å²) in [6.45, 7) is 0. The van der Waals surface area contributed by atoms with Gasteiger partial charge in [-0.15, -0.1) is 0 Å². The first kappa shape index (κ1) is 5.51. The minimum atomic E-state index is -0.384. The van der Waals surface area contributed by atoms with E-state index in [1.807, 2.05) is 0 Å². The number of aliphatic hydroxyl groups is 1. The highest BCUT2D eigenvalue weighted by Gasteiger charge is 2.14. The standard InChI is InChI=1S/C6H8O2/c7-4-5-1-2-6(8)3-5/h1-2,4-6,8H,3H2. The summed E-state index contributed by atoms with van der Waals surface area (Å²) in [5.74, 6) is -0.0370.